The summed E-state index contributed by atoms with van der Waals surface area (Å²) >= 11 is 3.43. The van der Waals surface area contributed by atoms with Crippen LogP contribution in [0.4, 0.5) is 0 Å². The number of likely N-dealkylation sites (tertiary alicyclic amines) is 1. The normalized spacial score (nSPS) is 15.9. The molecule has 0 aromatic carbocycles. The van der Waals surface area contributed by atoms with E-state index in [2.05, 4.69) is 27.5 Å². The van der Waals surface area contributed by atoms with Crippen molar-refractivity contribution in [3.8, 4) is 5.88 Å². The molecule has 0 atom stereocenters. The Morgan fingerprint density at radius 2 is 2.30 bits per heavy atom. The maximum atomic E-state index is 11.9. The molecule has 20 heavy (non-hydrogen) atoms. The minimum Gasteiger partial charge on any atom is -0.473 e. The van der Waals surface area contributed by atoms with Crippen molar-refractivity contribution in [1.82, 2.24) is 9.88 Å². The van der Waals surface area contributed by atoms with Gasteiger partial charge in [0.1, 0.15) is 6.10 Å². The van der Waals surface area contributed by atoms with Crippen LogP contribution in [0.2, 0.25) is 0 Å². The topological polar surface area (TPSA) is 42.4 Å². The first-order valence-corrected chi connectivity index (χ1v) is 7.66. The highest BCUT2D eigenvalue weighted by atomic mass is 79.9. The molecule has 0 saturated carbocycles. The van der Waals surface area contributed by atoms with Crippen molar-refractivity contribution < 1.29 is 9.53 Å². The quantitative estimate of drug-likeness (QED) is 0.774. The Morgan fingerprint density at radius 3 is 2.95 bits per heavy atom. The van der Waals surface area contributed by atoms with Crippen LogP contribution >= 0.6 is 15.9 Å². The molecule has 5 heteroatoms. The summed E-state index contributed by atoms with van der Waals surface area (Å²) in [5.41, 5.74) is 0. The lowest BCUT2D eigenvalue weighted by atomic mass is 10.1. The molecule has 1 aromatic heterocycles. The third-order valence-corrected chi connectivity index (χ3v) is 3.96. The van der Waals surface area contributed by atoms with Gasteiger partial charge in [-0.15, -0.1) is 6.58 Å². The number of nitrogens with zero attached hydrogens (tertiary/aromatic N) is 2. The van der Waals surface area contributed by atoms with Gasteiger partial charge in [0.2, 0.25) is 11.8 Å². The number of pyridine rings is 1. The van der Waals surface area contributed by atoms with Crippen LogP contribution in [-0.4, -0.2) is 35.0 Å². The fourth-order valence-corrected chi connectivity index (χ4v) is 2.57. The minimum atomic E-state index is 0.129. The third kappa shape index (κ3) is 4.07. The first-order valence-electron chi connectivity index (χ1n) is 6.86. The van der Waals surface area contributed by atoms with E-state index in [1.807, 2.05) is 17.0 Å². The predicted molar refractivity (Wildman–Crippen MR) is 81.6 cm³/mol. The summed E-state index contributed by atoms with van der Waals surface area (Å²) in [4.78, 5) is 18.0. The van der Waals surface area contributed by atoms with Gasteiger partial charge < -0.3 is 9.64 Å². The van der Waals surface area contributed by atoms with Gasteiger partial charge in [0.05, 0.1) is 4.47 Å². The van der Waals surface area contributed by atoms with E-state index in [9.17, 15) is 4.79 Å². The Kier molecular flexibility index (Phi) is 5.59. The number of rotatable bonds is 5. The summed E-state index contributed by atoms with van der Waals surface area (Å²) in [5.74, 6) is 0.839. The Labute approximate surface area is 128 Å². The highest BCUT2D eigenvalue weighted by molar-refractivity contribution is 9.10. The SMILES string of the molecule is C=CCCC(=O)N1CCC(Oc2ncccc2Br)CC1. The van der Waals surface area contributed by atoms with Gasteiger partial charge in [-0.2, -0.15) is 0 Å². The molecule has 0 aliphatic carbocycles. The molecule has 1 aliphatic rings. The Hall–Kier alpha value is -1.36. The van der Waals surface area contributed by atoms with Crippen LogP contribution in [-0.2, 0) is 4.79 Å². The number of aromatic nitrogens is 1. The van der Waals surface area contributed by atoms with Crippen molar-refractivity contribution in [2.75, 3.05) is 13.1 Å². The zero-order chi connectivity index (χ0) is 14.4. The average Bonchev–Trinajstić information content (AvgIpc) is 2.48. The molecule has 0 unspecified atom stereocenters. The highest BCUT2D eigenvalue weighted by Gasteiger charge is 2.24. The summed E-state index contributed by atoms with van der Waals surface area (Å²) in [6, 6.07) is 3.77. The number of carbonyl (C=O) groups is 1. The van der Waals surface area contributed by atoms with Gasteiger partial charge in [0.25, 0.3) is 0 Å². The highest BCUT2D eigenvalue weighted by Crippen LogP contribution is 2.24. The second-order valence-corrected chi connectivity index (χ2v) is 5.67. The zero-order valence-electron chi connectivity index (χ0n) is 11.4. The number of ether oxygens (including phenoxy) is 1. The molecule has 2 heterocycles. The van der Waals surface area contributed by atoms with Crippen LogP contribution < -0.4 is 4.74 Å². The van der Waals surface area contributed by atoms with Gasteiger partial charge >= 0.3 is 0 Å². The maximum absolute atomic E-state index is 11.9. The Bertz CT molecular complexity index is 471. The standard InChI is InChI=1S/C15H19BrN2O2/c1-2-3-6-14(19)18-10-7-12(8-11-18)20-15-13(16)5-4-9-17-15/h2,4-5,9,12H,1,3,6-8,10-11H2. The molecule has 1 saturated heterocycles. The summed E-state index contributed by atoms with van der Waals surface area (Å²) in [5, 5.41) is 0. The number of amides is 1. The molecule has 108 valence electrons. The summed E-state index contributed by atoms with van der Waals surface area (Å²) in [6.45, 7) is 5.15. The summed E-state index contributed by atoms with van der Waals surface area (Å²) in [7, 11) is 0. The van der Waals surface area contributed by atoms with Gasteiger partial charge in [-0.05, 0) is 34.5 Å². The number of carbonyl (C=O) groups excluding carboxylic acids is 1. The van der Waals surface area contributed by atoms with Crippen molar-refractivity contribution in [2.24, 2.45) is 0 Å². The van der Waals surface area contributed by atoms with Crippen LogP contribution in [0, 0.1) is 0 Å². The van der Waals surface area contributed by atoms with Gasteiger partial charge in [0.15, 0.2) is 0 Å². The largest absolute Gasteiger partial charge is 0.473 e. The van der Waals surface area contributed by atoms with Crippen molar-refractivity contribution in [3.63, 3.8) is 0 Å². The lowest BCUT2D eigenvalue weighted by molar-refractivity contribution is -0.132. The third-order valence-electron chi connectivity index (χ3n) is 3.36. The van der Waals surface area contributed by atoms with E-state index < -0.39 is 0 Å². The van der Waals surface area contributed by atoms with Crippen LogP contribution in [0.25, 0.3) is 0 Å². The molecule has 0 N–H and O–H groups in total. The molecule has 4 nitrogen and oxygen atoms in total. The van der Waals surface area contributed by atoms with Crippen molar-refractivity contribution in [2.45, 2.75) is 31.8 Å². The van der Waals surface area contributed by atoms with E-state index in [-0.39, 0.29) is 12.0 Å². The average molecular weight is 339 g/mol. The minimum absolute atomic E-state index is 0.129. The van der Waals surface area contributed by atoms with E-state index in [1.165, 1.54) is 0 Å². The molecular weight excluding hydrogens is 320 g/mol. The van der Waals surface area contributed by atoms with E-state index >= 15 is 0 Å². The fraction of sp³-hybridized carbons (Fsp3) is 0.467. The van der Waals surface area contributed by atoms with Crippen LogP contribution in [0.3, 0.4) is 0 Å². The number of hydrogen-bond donors (Lipinski definition) is 0. The molecule has 0 bridgehead atoms. The van der Waals surface area contributed by atoms with E-state index in [0.717, 1.165) is 36.8 Å². The zero-order valence-corrected chi connectivity index (χ0v) is 13.0. The number of piperidine rings is 1. The van der Waals surface area contributed by atoms with Crippen LogP contribution in [0.5, 0.6) is 5.88 Å². The summed E-state index contributed by atoms with van der Waals surface area (Å²) < 4.78 is 6.75. The van der Waals surface area contributed by atoms with Crippen molar-refractivity contribution in [1.29, 1.82) is 0 Å². The molecule has 1 amide bonds. The van der Waals surface area contributed by atoms with Gasteiger partial charge in [-0.1, -0.05) is 6.08 Å². The van der Waals surface area contributed by atoms with E-state index in [0.29, 0.717) is 12.3 Å². The Morgan fingerprint density at radius 1 is 1.55 bits per heavy atom. The number of allylic oxidation sites excluding steroid dienone is 1. The molecule has 1 aliphatic heterocycles. The monoisotopic (exact) mass is 338 g/mol. The van der Waals surface area contributed by atoms with Crippen molar-refractivity contribution in [3.05, 3.63) is 35.5 Å². The maximum Gasteiger partial charge on any atom is 0.228 e. The second kappa shape index (κ2) is 7.43. The van der Waals surface area contributed by atoms with Gasteiger partial charge in [-0.3, -0.25) is 4.79 Å². The van der Waals surface area contributed by atoms with Gasteiger partial charge in [0, 0.05) is 38.5 Å². The van der Waals surface area contributed by atoms with Crippen LogP contribution in [0.1, 0.15) is 25.7 Å². The first-order chi connectivity index (χ1) is 9.70. The molecule has 2 rings (SSSR count). The molecule has 0 radical (unpaired) electrons. The molecule has 1 aromatic rings. The predicted octanol–water partition coefficient (Wildman–Crippen LogP) is 3.18. The second-order valence-electron chi connectivity index (χ2n) is 4.82. The smallest absolute Gasteiger partial charge is 0.228 e. The molecular formula is C15H19BrN2O2. The molecule has 1 fully saturated rings. The van der Waals surface area contributed by atoms with Crippen LogP contribution in [0.15, 0.2) is 35.5 Å². The van der Waals surface area contributed by atoms with Gasteiger partial charge in [-0.25, -0.2) is 4.98 Å². The fourth-order valence-electron chi connectivity index (χ4n) is 2.22. The summed E-state index contributed by atoms with van der Waals surface area (Å²) in [6.07, 6.45) is 6.63. The Balaban J connectivity index is 1.81. The molecule has 0 spiro atoms. The number of halogens is 1. The lowest BCUT2D eigenvalue weighted by Gasteiger charge is -2.32. The van der Waals surface area contributed by atoms with Crippen molar-refractivity contribution >= 4 is 21.8 Å². The van der Waals surface area contributed by atoms with E-state index in [1.54, 1.807) is 12.3 Å². The number of hydrogen-bond acceptors (Lipinski definition) is 3. The van der Waals surface area contributed by atoms with E-state index in [4.69, 9.17) is 4.74 Å². The lowest BCUT2D eigenvalue weighted by Crippen LogP contribution is -2.41. The first kappa shape index (κ1) is 15.0.